The van der Waals surface area contributed by atoms with Crippen LogP contribution >= 0.6 is 0 Å². The molecule has 6 aromatic rings. The van der Waals surface area contributed by atoms with Crippen LogP contribution in [0.1, 0.15) is 41.4 Å². The van der Waals surface area contributed by atoms with Gasteiger partial charge < -0.3 is 70.3 Å². The van der Waals surface area contributed by atoms with Crippen LogP contribution in [0.4, 0.5) is 0 Å². The standard InChI is InChI=1S/2C12H8O4.2C3H4N2.2C3H7NO.2Cu.2H2O/c2*13-11(14)8-5-1-3-7-4-2-6-9(10(7)8)12(15)16;2*1-2-5-3-4-1;2*1-4(2)3-5;;;;/h2*1-6H,(H,13,14)(H,15,16);2*1-3H,(H,4,5);2*3H,1-2H3;;;2*1H2/q;;;;;;2*+2;;/p-2. The van der Waals surface area contributed by atoms with E-state index in [1.54, 1.807) is 89.9 Å². The van der Waals surface area contributed by atoms with Crippen LogP contribution in [0, 0.1) is 0 Å². The first-order valence-corrected chi connectivity index (χ1v) is 14.7. The van der Waals surface area contributed by atoms with E-state index in [0.717, 1.165) is 12.8 Å². The molecule has 0 atom stereocenters. The summed E-state index contributed by atoms with van der Waals surface area (Å²) >= 11 is 0. The number of rotatable bonds is 6. The van der Waals surface area contributed by atoms with Crippen molar-refractivity contribution in [3.8, 4) is 0 Å². The van der Waals surface area contributed by atoms with Crippen molar-refractivity contribution in [2.24, 2.45) is 0 Å². The van der Waals surface area contributed by atoms with E-state index in [1.807, 2.05) is 0 Å². The fourth-order valence-corrected chi connectivity index (χ4v) is 3.79. The van der Waals surface area contributed by atoms with Gasteiger partial charge in [0, 0.05) is 75.2 Å². The number of benzene rings is 4. The minimum Gasteiger partial charge on any atom is -0.545 e. The Morgan fingerprint density at radius 2 is 0.750 bits per heavy atom. The topological polar surface area (TPSA) is 324 Å². The number of carbonyl (C=O) groups is 6. The third kappa shape index (κ3) is 20.2. The Kier molecular flexibility index (Phi) is 31.2. The summed E-state index contributed by atoms with van der Waals surface area (Å²) in [5.74, 6) is -5.61. The smallest absolute Gasteiger partial charge is 0.545 e. The van der Waals surface area contributed by atoms with Crippen LogP contribution in [0.3, 0.4) is 0 Å². The number of hydrogen-bond acceptors (Lipinski definition) is 12. The number of amides is 2. The van der Waals surface area contributed by atoms with Crippen LogP contribution in [-0.2, 0) is 54.7 Å². The van der Waals surface area contributed by atoms with E-state index in [0.29, 0.717) is 10.8 Å². The first-order valence-electron chi connectivity index (χ1n) is 14.7. The summed E-state index contributed by atoms with van der Waals surface area (Å²) < 4.78 is 0. The van der Waals surface area contributed by atoms with Gasteiger partial charge in [-0.3, -0.25) is 9.59 Å². The van der Waals surface area contributed by atoms with Crippen molar-refractivity contribution in [1.82, 2.24) is 29.7 Å². The number of nitrogens with one attached hydrogen (secondary N) is 2. The van der Waals surface area contributed by atoms with Crippen molar-refractivity contribution in [2.75, 3.05) is 28.2 Å². The third-order valence-corrected chi connectivity index (χ3v) is 5.92. The molecule has 0 spiro atoms. The molecule has 0 fully saturated rings. The molecule has 2 heterocycles. The number of H-pyrrole nitrogens is 2. The third-order valence-electron chi connectivity index (χ3n) is 5.92. The molecule has 4 aromatic carbocycles. The van der Waals surface area contributed by atoms with E-state index in [-0.39, 0.29) is 78.1 Å². The van der Waals surface area contributed by atoms with Gasteiger partial charge in [-0.25, -0.2) is 9.97 Å². The average Bonchev–Trinajstić information content (AvgIpc) is 3.92. The Balaban J connectivity index is -0.000000313. The van der Waals surface area contributed by atoms with Gasteiger partial charge in [0.1, 0.15) is 0 Å². The molecule has 2 radical (unpaired) electrons. The molecule has 0 aliphatic heterocycles. The average molecular weight is 876 g/mol. The fraction of sp³-hybridized carbons (Fsp3) is 0.111. The molecule has 0 unspecified atom stereocenters. The minimum absolute atomic E-state index is 0. The SMILES string of the molecule is CN(C)C=O.CN(C)C=O.O=C([O-])c1cccc2cccc(C(=O)[O-])c12.O=C([O-])c1cccc2cccc(C(=O)[O-])c12.[Cu+2].[Cu+2].[OH3+].[OH3+].c1c[nH]cn1.c1c[nH]cn1. The molecule has 0 bridgehead atoms. The summed E-state index contributed by atoms with van der Waals surface area (Å²) in [6, 6.07) is 17.9. The Hall–Kier alpha value is -6.40. The molecule has 2 aromatic heterocycles. The van der Waals surface area contributed by atoms with Crippen LogP contribution in [0.5, 0.6) is 0 Å². The second kappa shape index (κ2) is 31.0. The summed E-state index contributed by atoms with van der Waals surface area (Å²) in [5, 5.41) is 44.8. The zero-order valence-electron chi connectivity index (χ0n) is 30.2. The predicted octanol–water partition coefficient (Wildman–Crippen LogP) is -2.49. The molecule has 0 aliphatic rings. The maximum atomic E-state index is 10.9. The number of aromatic nitrogens is 4. The second-order valence-electron chi connectivity index (χ2n) is 10.2. The largest absolute Gasteiger partial charge is 2.00 e. The molecule has 6 rings (SSSR count). The first kappa shape index (κ1) is 56.3. The summed E-state index contributed by atoms with van der Waals surface area (Å²) in [4.78, 5) is 78.0. The number of fused-ring (bicyclic) bond motifs is 2. The number of aromatic carboxylic acids is 4. The Bertz CT molecular complexity index is 1750. The van der Waals surface area contributed by atoms with E-state index >= 15 is 0 Å². The van der Waals surface area contributed by atoms with Gasteiger partial charge in [-0.05, 0) is 21.5 Å². The maximum Gasteiger partial charge on any atom is 2.00 e. The molecule has 20 heteroatoms. The summed E-state index contributed by atoms with van der Waals surface area (Å²) in [5.41, 5.74) is -0.566. The molecular weight excluding hydrogens is 836 g/mol. The van der Waals surface area contributed by atoms with Crippen LogP contribution in [0.25, 0.3) is 21.5 Å². The number of aromatic amines is 2. The molecule has 0 saturated heterocycles. The number of imidazole rings is 2. The molecule has 306 valence electrons. The molecule has 0 saturated carbocycles. The molecule has 2 amide bonds. The van der Waals surface area contributed by atoms with E-state index in [1.165, 1.54) is 58.3 Å². The van der Waals surface area contributed by atoms with Crippen molar-refractivity contribution < 1.29 is 94.3 Å². The van der Waals surface area contributed by atoms with Gasteiger partial charge in [0.15, 0.2) is 0 Å². The van der Waals surface area contributed by atoms with E-state index in [2.05, 4.69) is 19.9 Å². The van der Waals surface area contributed by atoms with Crippen molar-refractivity contribution in [2.45, 2.75) is 0 Å². The van der Waals surface area contributed by atoms with E-state index in [9.17, 15) is 49.2 Å². The molecule has 56 heavy (non-hydrogen) atoms. The number of carbonyl (C=O) groups excluding carboxylic acids is 6. The first-order chi connectivity index (χ1) is 24.8. The quantitative estimate of drug-likeness (QED) is 0.0998. The minimum atomic E-state index is -1.40. The molecule has 0 aliphatic carbocycles. The zero-order chi connectivity index (χ0) is 39.1. The number of nitrogens with zero attached hydrogens (tertiary/aromatic N) is 4. The normalized spacial score (nSPS) is 8.50. The number of hydrogen-bond donors (Lipinski definition) is 2. The zero-order valence-corrected chi connectivity index (χ0v) is 32.1. The predicted molar refractivity (Wildman–Crippen MR) is 192 cm³/mol. The van der Waals surface area contributed by atoms with Gasteiger partial charge >= 0.3 is 34.1 Å². The Labute approximate surface area is 341 Å². The van der Waals surface area contributed by atoms with Gasteiger partial charge in [0.05, 0.1) is 36.5 Å². The fourth-order valence-electron chi connectivity index (χ4n) is 3.79. The molecule has 8 N–H and O–H groups in total. The monoisotopic (exact) mass is 874 g/mol. The van der Waals surface area contributed by atoms with Crippen molar-refractivity contribution in [1.29, 1.82) is 0 Å². The number of carboxylic acid groups (broad SMARTS) is 4. The van der Waals surface area contributed by atoms with Gasteiger partial charge in [0.25, 0.3) is 0 Å². The van der Waals surface area contributed by atoms with Crippen LogP contribution < -0.4 is 20.4 Å². The summed E-state index contributed by atoms with van der Waals surface area (Å²) in [6.07, 6.45) is 11.7. The maximum absolute atomic E-state index is 10.9. The second-order valence-corrected chi connectivity index (χ2v) is 10.2. The van der Waals surface area contributed by atoms with Gasteiger partial charge in [-0.2, -0.15) is 0 Å². The van der Waals surface area contributed by atoms with Crippen molar-refractivity contribution >= 4 is 58.2 Å². The van der Waals surface area contributed by atoms with Gasteiger partial charge in [-0.1, -0.05) is 72.8 Å². The summed E-state index contributed by atoms with van der Waals surface area (Å²) in [7, 11) is 6.75. The van der Waals surface area contributed by atoms with E-state index < -0.39 is 23.9 Å². The van der Waals surface area contributed by atoms with Gasteiger partial charge in [-0.15, -0.1) is 0 Å². The molecule has 18 nitrogen and oxygen atoms in total. The van der Waals surface area contributed by atoms with Crippen LogP contribution in [-0.4, -0.2) is 94.6 Å². The van der Waals surface area contributed by atoms with Crippen molar-refractivity contribution in [3.05, 3.63) is 132 Å². The van der Waals surface area contributed by atoms with Crippen molar-refractivity contribution in [3.63, 3.8) is 0 Å². The number of carboxylic acids is 4. The van der Waals surface area contributed by atoms with Gasteiger partial charge in [0.2, 0.25) is 12.8 Å². The van der Waals surface area contributed by atoms with E-state index in [4.69, 9.17) is 0 Å². The Morgan fingerprint density at radius 3 is 0.875 bits per heavy atom. The van der Waals surface area contributed by atoms with Crippen LogP contribution in [0.15, 0.2) is 110 Å². The summed E-state index contributed by atoms with van der Waals surface area (Å²) in [6.45, 7) is 0. The Morgan fingerprint density at radius 1 is 0.518 bits per heavy atom. The molecular formula is C36H40Cu2N6O12+2. The van der Waals surface area contributed by atoms with Crippen LogP contribution in [0.2, 0.25) is 0 Å².